The number of hydrogen-bond acceptors (Lipinski definition) is 7. The Morgan fingerprint density at radius 1 is 1.15 bits per heavy atom. The first-order chi connectivity index (χ1) is 19.0. The van der Waals surface area contributed by atoms with Crippen LogP contribution in [0, 0.1) is 22.7 Å². The lowest BCUT2D eigenvalue weighted by Gasteiger charge is -2.44. The number of carbonyl (C=O) groups excluding carboxylic acids is 1. The van der Waals surface area contributed by atoms with Crippen LogP contribution in [0.3, 0.4) is 0 Å². The fourth-order valence-electron chi connectivity index (χ4n) is 6.94. The zero-order valence-electron chi connectivity index (χ0n) is 26.4. The van der Waals surface area contributed by atoms with Crippen molar-refractivity contribution in [1.82, 2.24) is 10.6 Å². The Kier molecular flexibility index (Phi) is 8.70. The van der Waals surface area contributed by atoms with Gasteiger partial charge in [-0.25, -0.2) is 0 Å². The summed E-state index contributed by atoms with van der Waals surface area (Å²) in [7, 11) is 0. The number of ether oxygens (including phenoxy) is 3. The second-order valence-electron chi connectivity index (χ2n) is 14.1. The molecule has 3 heterocycles. The van der Waals surface area contributed by atoms with Crippen LogP contribution in [0.2, 0.25) is 0 Å². The molecule has 8 heteroatoms. The molecule has 4 rings (SSSR count). The minimum atomic E-state index is -0.623. The van der Waals surface area contributed by atoms with Crippen molar-refractivity contribution in [3.63, 3.8) is 0 Å². The summed E-state index contributed by atoms with van der Waals surface area (Å²) in [6.45, 7) is 18.3. The molecule has 3 unspecified atom stereocenters. The van der Waals surface area contributed by atoms with E-state index in [2.05, 4.69) is 57.4 Å². The quantitative estimate of drug-likeness (QED) is 0.270. The largest absolute Gasteiger partial charge is 0.366 e. The SMILES string of the molecule is C/C=C(/C#N)NC(C)C(=O)NC(/C=C\C(N)C1C[C@@]2(C)O[C@@](C)(C1)[C@@H]1OC(C)(C)O[C@@H]12)=C(/C)C1=CCC(C)(C)CC1. The maximum Gasteiger partial charge on any atom is 0.246 e. The van der Waals surface area contributed by atoms with Gasteiger partial charge in [0.2, 0.25) is 5.91 Å². The van der Waals surface area contributed by atoms with Gasteiger partial charge in [0.1, 0.15) is 30.0 Å². The third kappa shape index (κ3) is 6.64. The second-order valence-corrected chi connectivity index (χ2v) is 14.1. The van der Waals surface area contributed by atoms with Crippen molar-refractivity contribution in [3.05, 3.63) is 46.8 Å². The molecule has 3 aliphatic heterocycles. The highest BCUT2D eigenvalue weighted by atomic mass is 16.8. The first kappa shape index (κ1) is 31.5. The summed E-state index contributed by atoms with van der Waals surface area (Å²) in [5, 5.41) is 15.4. The molecular weight excluding hydrogens is 516 g/mol. The van der Waals surface area contributed by atoms with Crippen molar-refractivity contribution in [2.45, 2.75) is 136 Å². The summed E-state index contributed by atoms with van der Waals surface area (Å²) >= 11 is 0. The predicted molar refractivity (Wildman–Crippen MR) is 160 cm³/mol. The van der Waals surface area contributed by atoms with Crippen LogP contribution < -0.4 is 16.4 Å². The van der Waals surface area contributed by atoms with Crippen LogP contribution in [-0.2, 0) is 19.0 Å². The number of nitrogens with two attached hydrogens (primary N) is 1. The highest BCUT2D eigenvalue weighted by Gasteiger charge is 2.68. The Labute approximate surface area is 246 Å². The number of allylic oxidation sites excluding steroid dienone is 6. The zero-order chi connectivity index (χ0) is 30.4. The van der Waals surface area contributed by atoms with Crippen LogP contribution in [0.1, 0.15) is 94.4 Å². The number of rotatable bonds is 8. The maximum absolute atomic E-state index is 13.2. The molecule has 0 saturated carbocycles. The van der Waals surface area contributed by atoms with E-state index in [1.807, 2.05) is 26.0 Å². The van der Waals surface area contributed by atoms with E-state index in [1.54, 1.807) is 19.9 Å². The van der Waals surface area contributed by atoms with Crippen LogP contribution in [0.15, 0.2) is 46.8 Å². The molecule has 7 atom stereocenters. The van der Waals surface area contributed by atoms with E-state index in [1.165, 1.54) is 5.57 Å². The highest BCUT2D eigenvalue weighted by Crippen LogP contribution is 2.57. The van der Waals surface area contributed by atoms with E-state index in [0.29, 0.717) is 5.70 Å². The molecule has 0 radical (unpaired) electrons. The van der Waals surface area contributed by atoms with Gasteiger partial charge in [-0.3, -0.25) is 4.79 Å². The van der Waals surface area contributed by atoms with Gasteiger partial charge in [0.05, 0.1) is 11.2 Å². The first-order valence-electron chi connectivity index (χ1n) is 15.1. The van der Waals surface area contributed by atoms with Crippen LogP contribution in [0.4, 0.5) is 0 Å². The van der Waals surface area contributed by atoms with Crippen molar-refractivity contribution in [3.8, 4) is 6.07 Å². The average Bonchev–Trinajstić information content (AvgIpc) is 3.31. The summed E-state index contributed by atoms with van der Waals surface area (Å²) in [5.41, 5.74) is 9.56. The Morgan fingerprint density at radius 3 is 2.27 bits per heavy atom. The molecule has 0 aromatic carbocycles. The lowest BCUT2D eigenvalue weighted by atomic mass is 9.77. The van der Waals surface area contributed by atoms with Gasteiger partial charge in [-0.1, -0.05) is 32.1 Å². The zero-order valence-corrected chi connectivity index (χ0v) is 26.4. The second kappa shape index (κ2) is 11.3. The molecule has 3 fully saturated rings. The Bertz CT molecular complexity index is 1180. The van der Waals surface area contributed by atoms with Crippen molar-refractivity contribution >= 4 is 5.91 Å². The molecule has 2 bridgehead atoms. The third-order valence-corrected chi connectivity index (χ3v) is 9.42. The molecule has 0 aromatic rings. The van der Waals surface area contributed by atoms with Crippen molar-refractivity contribution in [1.29, 1.82) is 5.26 Å². The van der Waals surface area contributed by atoms with Gasteiger partial charge in [0.25, 0.3) is 0 Å². The molecular formula is C33H50N4O4. The van der Waals surface area contributed by atoms with Crippen LogP contribution >= 0.6 is 0 Å². The maximum atomic E-state index is 13.2. The molecule has 8 nitrogen and oxygen atoms in total. The van der Waals surface area contributed by atoms with E-state index in [4.69, 9.17) is 19.9 Å². The number of carbonyl (C=O) groups is 1. The molecule has 4 aliphatic rings. The number of fused-ring (bicyclic) bond motifs is 5. The standard InChI is InChI=1S/C33H50N4O4/c1-10-24(19-34)36-21(3)29(38)37-26(20(2)22-13-15-30(4,5)16-14-22)12-11-25(35)23-17-32(8)27-28(33(9,18-23)41-32)40-31(6,7)39-27/h10-13,21,23,25,27-28,36H,14-18,35H2,1-9H3,(H,37,38)/b12-11-,24-10-,26-20-/t21?,23?,25?,27-,28+,32+,33-. The summed E-state index contributed by atoms with van der Waals surface area (Å²) in [6.07, 6.45) is 12.2. The Morgan fingerprint density at radius 2 is 1.76 bits per heavy atom. The summed E-state index contributed by atoms with van der Waals surface area (Å²) in [5.74, 6) is -0.670. The van der Waals surface area contributed by atoms with Crippen molar-refractivity contribution in [2.75, 3.05) is 0 Å². The van der Waals surface area contributed by atoms with E-state index < -0.39 is 23.0 Å². The van der Waals surface area contributed by atoms with Gasteiger partial charge in [0, 0.05) is 11.7 Å². The third-order valence-electron chi connectivity index (χ3n) is 9.42. The molecule has 41 heavy (non-hydrogen) atoms. The van der Waals surface area contributed by atoms with Crippen LogP contribution in [-0.4, -0.2) is 47.2 Å². The summed E-state index contributed by atoms with van der Waals surface area (Å²) in [6, 6.07) is 1.25. The summed E-state index contributed by atoms with van der Waals surface area (Å²) < 4.78 is 19.2. The minimum absolute atomic E-state index is 0.132. The first-order valence-corrected chi connectivity index (χ1v) is 15.1. The van der Waals surface area contributed by atoms with Gasteiger partial charge in [-0.05, 0) is 109 Å². The predicted octanol–water partition coefficient (Wildman–Crippen LogP) is 5.28. The molecule has 1 aliphatic carbocycles. The minimum Gasteiger partial charge on any atom is -0.366 e. The van der Waals surface area contributed by atoms with E-state index in [0.717, 1.165) is 43.4 Å². The average molecular weight is 567 g/mol. The van der Waals surface area contributed by atoms with Crippen LogP contribution in [0.5, 0.6) is 0 Å². The number of nitrogens with one attached hydrogen (secondary N) is 2. The van der Waals surface area contributed by atoms with Gasteiger partial charge in [-0.2, -0.15) is 5.26 Å². The highest BCUT2D eigenvalue weighted by molar-refractivity contribution is 5.84. The smallest absolute Gasteiger partial charge is 0.246 e. The fourth-order valence-corrected chi connectivity index (χ4v) is 6.94. The van der Waals surface area contributed by atoms with Gasteiger partial charge >= 0.3 is 0 Å². The molecule has 4 N–H and O–H groups in total. The normalized spacial score (nSPS) is 36.1. The van der Waals surface area contributed by atoms with Crippen molar-refractivity contribution < 1.29 is 19.0 Å². The van der Waals surface area contributed by atoms with E-state index >= 15 is 0 Å². The van der Waals surface area contributed by atoms with E-state index in [-0.39, 0.29) is 35.5 Å². The molecule has 1 amide bonds. The number of hydrogen-bond donors (Lipinski definition) is 3. The fraction of sp³-hybridized carbons (Fsp3) is 0.697. The number of nitriles is 1. The number of amides is 1. The molecule has 0 spiro atoms. The molecule has 0 aromatic heterocycles. The molecule has 226 valence electrons. The summed E-state index contributed by atoms with van der Waals surface area (Å²) in [4.78, 5) is 13.2. The lowest BCUT2D eigenvalue weighted by molar-refractivity contribution is -0.247. The van der Waals surface area contributed by atoms with Crippen molar-refractivity contribution in [2.24, 2.45) is 17.1 Å². The van der Waals surface area contributed by atoms with Gasteiger partial charge in [-0.15, -0.1) is 0 Å². The monoisotopic (exact) mass is 566 g/mol. The van der Waals surface area contributed by atoms with Gasteiger partial charge in [0.15, 0.2) is 5.79 Å². The lowest BCUT2D eigenvalue weighted by Crippen LogP contribution is -2.50. The topological polar surface area (TPSA) is 119 Å². The Balaban J connectivity index is 1.55. The Hall–Kier alpha value is -2.44. The number of nitrogens with zero attached hydrogens (tertiary/aromatic N) is 1. The molecule has 3 saturated heterocycles. The van der Waals surface area contributed by atoms with Gasteiger partial charge < -0.3 is 30.6 Å². The van der Waals surface area contributed by atoms with E-state index in [9.17, 15) is 10.1 Å². The van der Waals surface area contributed by atoms with Crippen LogP contribution in [0.25, 0.3) is 0 Å².